The zero-order valence-corrected chi connectivity index (χ0v) is 60.0. The number of carbonyl (C=O) groups is 1. The van der Waals surface area contributed by atoms with E-state index >= 15 is 0 Å². The first-order chi connectivity index (χ1) is 45.8. The molecule has 7 unspecified atom stereocenters. The molecule has 1 fully saturated rings. The molecule has 6 N–H and O–H groups in total. The molecule has 1 amide bonds. The van der Waals surface area contributed by atoms with E-state index in [1.807, 2.05) is 6.08 Å². The zero-order chi connectivity index (χ0) is 67.1. The van der Waals surface area contributed by atoms with Crippen LogP contribution in [0.2, 0.25) is 0 Å². The first-order valence-electron chi connectivity index (χ1n) is 38.9. The van der Waals surface area contributed by atoms with Gasteiger partial charge in [-0.1, -0.05) is 366 Å². The Hall–Kier alpha value is -3.67. The quantitative estimate of drug-likeness (QED) is 0.0261. The van der Waals surface area contributed by atoms with E-state index in [9.17, 15) is 30.3 Å². The van der Waals surface area contributed by atoms with E-state index in [1.165, 1.54) is 186 Å². The van der Waals surface area contributed by atoms with Gasteiger partial charge >= 0.3 is 0 Å². The Morgan fingerprint density at radius 1 is 0.376 bits per heavy atom. The number of unbranched alkanes of at least 4 members (excludes halogenated alkanes) is 37. The van der Waals surface area contributed by atoms with Crippen LogP contribution in [-0.2, 0) is 14.3 Å². The van der Waals surface area contributed by atoms with Crippen molar-refractivity contribution < 1.29 is 39.8 Å². The normalized spacial score (nSPS) is 18.4. The molecule has 1 aliphatic heterocycles. The minimum Gasteiger partial charge on any atom is -0.394 e. The summed E-state index contributed by atoms with van der Waals surface area (Å²) in [6.45, 7) is 3.69. The van der Waals surface area contributed by atoms with Gasteiger partial charge in [-0.3, -0.25) is 4.79 Å². The van der Waals surface area contributed by atoms with E-state index < -0.39 is 49.5 Å². The third-order valence-electron chi connectivity index (χ3n) is 17.7. The fourth-order valence-corrected chi connectivity index (χ4v) is 11.7. The SMILES string of the molecule is CC/C=C\C/C=C\C/C=C\C/C=C\C/C=C\C/C=C\C/C=C\C/C=C\C/C=C\C/C=C\CCCCCCCCC(=O)NC(COC1OC(CO)C(O)C(O)C1O)C(O)/C=C/CCCCCCCCCCCCCCCCCCCCCCCCCCCCCCCCC. The van der Waals surface area contributed by atoms with Crippen molar-refractivity contribution in [2.24, 2.45) is 0 Å². The molecule has 0 bridgehead atoms. The molecule has 93 heavy (non-hydrogen) atoms. The molecule has 9 nitrogen and oxygen atoms in total. The minimum atomic E-state index is -1.58. The summed E-state index contributed by atoms with van der Waals surface area (Å²) in [7, 11) is 0. The predicted octanol–water partition coefficient (Wildman–Crippen LogP) is 22.3. The van der Waals surface area contributed by atoms with E-state index in [0.29, 0.717) is 6.42 Å². The molecule has 0 saturated carbocycles. The fourth-order valence-electron chi connectivity index (χ4n) is 11.7. The molecular weight excluding hydrogens is 1150 g/mol. The van der Waals surface area contributed by atoms with Gasteiger partial charge in [0.25, 0.3) is 0 Å². The number of carbonyl (C=O) groups excluding carboxylic acids is 1. The first-order valence-corrected chi connectivity index (χ1v) is 38.9. The summed E-state index contributed by atoms with van der Waals surface area (Å²) in [4.78, 5) is 13.2. The Morgan fingerprint density at radius 3 is 0.989 bits per heavy atom. The lowest BCUT2D eigenvalue weighted by atomic mass is 9.99. The van der Waals surface area contributed by atoms with Gasteiger partial charge in [-0.05, 0) is 96.3 Å². The summed E-state index contributed by atoms with van der Waals surface area (Å²) in [5, 5.41) is 54.9. The van der Waals surface area contributed by atoms with Gasteiger partial charge in [0, 0.05) is 6.42 Å². The molecule has 1 heterocycles. The molecule has 0 aromatic heterocycles. The van der Waals surface area contributed by atoms with Crippen molar-refractivity contribution in [3.63, 3.8) is 0 Å². The first kappa shape index (κ1) is 87.3. The molecule has 9 heteroatoms. The van der Waals surface area contributed by atoms with Crippen LogP contribution in [0.1, 0.15) is 335 Å². The number of rotatable bonds is 67. The van der Waals surface area contributed by atoms with Crippen LogP contribution in [0.15, 0.2) is 134 Å². The van der Waals surface area contributed by atoms with Gasteiger partial charge in [0.15, 0.2) is 6.29 Å². The molecule has 1 aliphatic rings. The van der Waals surface area contributed by atoms with Crippen LogP contribution in [0, 0.1) is 0 Å². The van der Waals surface area contributed by atoms with Crippen molar-refractivity contribution in [2.45, 2.75) is 378 Å². The molecule has 0 aromatic carbocycles. The van der Waals surface area contributed by atoms with Gasteiger partial charge in [-0.15, -0.1) is 0 Å². The molecule has 1 rings (SSSR count). The monoisotopic (exact) mass is 1300 g/mol. The summed E-state index contributed by atoms with van der Waals surface area (Å²) < 4.78 is 11.3. The van der Waals surface area contributed by atoms with Crippen molar-refractivity contribution in [1.82, 2.24) is 5.32 Å². The molecular formula is C84H145NO8. The number of hydrogen-bond acceptors (Lipinski definition) is 8. The largest absolute Gasteiger partial charge is 0.394 e. The van der Waals surface area contributed by atoms with Gasteiger partial charge in [0.2, 0.25) is 5.91 Å². The van der Waals surface area contributed by atoms with E-state index in [-0.39, 0.29) is 12.5 Å². The topological polar surface area (TPSA) is 149 Å². The van der Waals surface area contributed by atoms with E-state index in [0.717, 1.165) is 128 Å². The number of aliphatic hydroxyl groups is 5. The average Bonchev–Trinajstić information content (AvgIpc) is 1.01. The van der Waals surface area contributed by atoms with Crippen LogP contribution >= 0.6 is 0 Å². The molecule has 0 aliphatic carbocycles. The summed E-state index contributed by atoms with van der Waals surface area (Å²) in [5.41, 5.74) is 0. The number of hydrogen-bond donors (Lipinski definition) is 6. The zero-order valence-electron chi connectivity index (χ0n) is 60.0. The second-order valence-electron chi connectivity index (χ2n) is 26.4. The van der Waals surface area contributed by atoms with E-state index in [1.54, 1.807) is 6.08 Å². The van der Waals surface area contributed by atoms with Crippen LogP contribution < -0.4 is 5.32 Å². The van der Waals surface area contributed by atoms with Crippen molar-refractivity contribution >= 4 is 5.91 Å². The summed E-state index contributed by atoms with van der Waals surface area (Å²) in [6, 6.07) is -0.825. The Kier molecular flexibility index (Phi) is 66.8. The van der Waals surface area contributed by atoms with Crippen LogP contribution in [0.5, 0.6) is 0 Å². The van der Waals surface area contributed by atoms with Gasteiger partial charge in [-0.2, -0.15) is 0 Å². The average molecular weight is 1300 g/mol. The second-order valence-corrected chi connectivity index (χ2v) is 26.4. The maximum absolute atomic E-state index is 13.2. The number of amides is 1. The van der Waals surface area contributed by atoms with Crippen LogP contribution in [0.4, 0.5) is 0 Å². The van der Waals surface area contributed by atoms with Crippen molar-refractivity contribution in [3.8, 4) is 0 Å². The smallest absolute Gasteiger partial charge is 0.220 e. The standard InChI is InChI=1S/C84H145NO8/c1-3-5-7-9-11-13-15-17-19-21-23-25-27-29-31-33-35-37-38-39-40-42-44-46-48-50-52-54-56-58-60-62-64-66-68-70-72-74-80(88)85-77(76-92-84-83(91)82(90)81(89)79(75-86)93-84)78(87)73-71-69-67-65-63-61-59-57-55-53-51-49-47-45-43-41-36-34-32-30-28-26-24-22-20-18-16-14-12-10-8-6-4-2/h5,7,11,13,17,19,23,25,29,31,35,37,39-40,44,46,50,52,56,58,71,73,77-79,81-84,86-87,89-91H,3-4,6,8-10,12,14-16,18,20-22,24,26-28,30,32-34,36,38,41-43,45,47-49,51,53-55,57,59-70,72,74-76H2,1-2H3,(H,85,88)/b7-5-,13-11-,19-17-,25-23-,31-29-,37-35-,40-39-,46-44-,52-50-,58-56-,73-71+. The highest BCUT2D eigenvalue weighted by Gasteiger charge is 2.44. The highest BCUT2D eigenvalue weighted by Crippen LogP contribution is 2.23. The second kappa shape index (κ2) is 71.1. The molecule has 7 atom stereocenters. The Balaban J connectivity index is 2.14. The number of ether oxygens (including phenoxy) is 2. The van der Waals surface area contributed by atoms with E-state index in [4.69, 9.17) is 9.47 Å². The van der Waals surface area contributed by atoms with E-state index in [2.05, 4.69) is 141 Å². The Morgan fingerprint density at radius 2 is 0.667 bits per heavy atom. The molecule has 0 spiro atoms. The van der Waals surface area contributed by atoms with Crippen molar-refractivity contribution in [1.29, 1.82) is 0 Å². The molecule has 0 aromatic rings. The Labute approximate surface area is 572 Å². The third kappa shape index (κ3) is 59.3. The van der Waals surface area contributed by atoms with Crippen molar-refractivity contribution in [3.05, 3.63) is 134 Å². The summed E-state index contributed by atoms with van der Waals surface area (Å²) >= 11 is 0. The third-order valence-corrected chi connectivity index (χ3v) is 17.7. The van der Waals surface area contributed by atoms with Crippen molar-refractivity contribution in [2.75, 3.05) is 13.2 Å². The molecule has 1 saturated heterocycles. The summed E-state index contributed by atoms with van der Waals surface area (Å²) in [5.74, 6) is -0.193. The Bertz CT molecular complexity index is 1940. The summed E-state index contributed by atoms with van der Waals surface area (Å²) in [6.07, 6.45) is 101. The number of aliphatic hydroxyl groups excluding tert-OH is 5. The van der Waals surface area contributed by atoms with Crippen LogP contribution in [0.25, 0.3) is 0 Å². The predicted molar refractivity (Wildman–Crippen MR) is 400 cm³/mol. The lowest BCUT2D eigenvalue weighted by Crippen LogP contribution is -2.60. The van der Waals surface area contributed by atoms with Crippen LogP contribution in [-0.4, -0.2) is 87.5 Å². The van der Waals surface area contributed by atoms with Gasteiger partial charge in [0.05, 0.1) is 25.4 Å². The maximum atomic E-state index is 13.2. The molecule has 534 valence electrons. The highest BCUT2D eigenvalue weighted by molar-refractivity contribution is 5.76. The lowest BCUT2D eigenvalue weighted by Gasteiger charge is -2.40. The fraction of sp³-hybridized carbons (Fsp3) is 0.726. The van der Waals surface area contributed by atoms with Gasteiger partial charge in [0.1, 0.15) is 24.4 Å². The highest BCUT2D eigenvalue weighted by atomic mass is 16.7. The number of allylic oxidation sites excluding steroid dienone is 21. The number of nitrogens with one attached hydrogen (secondary N) is 1. The minimum absolute atomic E-state index is 0.193. The van der Waals surface area contributed by atoms with Gasteiger partial charge in [-0.25, -0.2) is 0 Å². The van der Waals surface area contributed by atoms with Gasteiger partial charge < -0.3 is 40.3 Å². The molecule has 0 radical (unpaired) electrons. The maximum Gasteiger partial charge on any atom is 0.220 e. The lowest BCUT2D eigenvalue weighted by molar-refractivity contribution is -0.302. The van der Waals surface area contributed by atoms with Crippen LogP contribution in [0.3, 0.4) is 0 Å².